The van der Waals surface area contributed by atoms with Gasteiger partial charge in [0.1, 0.15) is 0 Å². The monoisotopic (exact) mass is 280 g/mol. The van der Waals surface area contributed by atoms with Crippen molar-refractivity contribution in [1.82, 2.24) is 0 Å². The van der Waals surface area contributed by atoms with Gasteiger partial charge in [-0.25, -0.2) is 0 Å². The second-order valence-corrected chi connectivity index (χ2v) is 4.79. The fourth-order valence-electron chi connectivity index (χ4n) is 1.54. The van der Waals surface area contributed by atoms with Crippen LogP contribution in [0.5, 0.6) is 0 Å². The molecule has 0 spiro atoms. The Morgan fingerprint density at radius 1 is 0.933 bits per heavy atom. The van der Waals surface area contributed by atoms with Crippen molar-refractivity contribution in [3.8, 4) is 0 Å². The van der Waals surface area contributed by atoms with Crippen LogP contribution in [0.2, 0.25) is 5.02 Å². The smallest absolute Gasteiger partial charge is 0.0420 e. The molecule has 0 nitrogen and oxygen atoms in total. The van der Waals surface area contributed by atoms with E-state index in [-0.39, 0.29) is 0 Å². The first-order chi connectivity index (χ1) is 7.24. The van der Waals surface area contributed by atoms with Gasteiger partial charge in [0.25, 0.3) is 0 Å². The maximum absolute atomic E-state index is 5.99. The van der Waals surface area contributed by atoms with Crippen LogP contribution >= 0.6 is 27.5 Å². The van der Waals surface area contributed by atoms with E-state index in [2.05, 4.69) is 46.3 Å². The van der Waals surface area contributed by atoms with Crippen molar-refractivity contribution in [2.75, 3.05) is 0 Å². The second kappa shape index (κ2) is 4.82. The molecule has 2 aromatic carbocycles. The van der Waals surface area contributed by atoms with Gasteiger partial charge in [-0.2, -0.15) is 0 Å². The van der Waals surface area contributed by atoms with Crippen LogP contribution in [0.1, 0.15) is 11.1 Å². The molecule has 2 aromatic rings. The van der Waals surface area contributed by atoms with E-state index in [0.29, 0.717) is 0 Å². The quantitative estimate of drug-likeness (QED) is 0.749. The average Bonchev–Trinajstić information content (AvgIpc) is 2.17. The molecular weight excluding hydrogens is 272 g/mol. The molecular formula is C13H10BrCl. The van der Waals surface area contributed by atoms with E-state index in [9.17, 15) is 0 Å². The molecule has 0 saturated carbocycles. The van der Waals surface area contributed by atoms with Crippen LogP contribution < -0.4 is 0 Å². The van der Waals surface area contributed by atoms with Gasteiger partial charge in [0.05, 0.1) is 0 Å². The van der Waals surface area contributed by atoms with Gasteiger partial charge in [-0.1, -0.05) is 57.9 Å². The number of rotatable bonds is 2. The largest absolute Gasteiger partial charge is 0.0843 e. The Morgan fingerprint density at radius 3 is 2.33 bits per heavy atom. The molecule has 0 atom stereocenters. The van der Waals surface area contributed by atoms with Crippen LogP contribution in [-0.2, 0) is 6.42 Å². The summed E-state index contributed by atoms with van der Waals surface area (Å²) >= 11 is 9.43. The third-order valence-corrected chi connectivity index (χ3v) is 2.85. The SMILES string of the molecule is Clc1cc(Br)cc(Cc2ccccc2)c1. The molecule has 0 fully saturated rings. The summed E-state index contributed by atoms with van der Waals surface area (Å²) in [6.07, 6.45) is 0.917. The highest BCUT2D eigenvalue weighted by Crippen LogP contribution is 2.21. The molecule has 15 heavy (non-hydrogen) atoms. The van der Waals surface area contributed by atoms with Gasteiger partial charge in [-0.05, 0) is 35.7 Å². The summed E-state index contributed by atoms with van der Waals surface area (Å²) in [7, 11) is 0. The molecule has 0 N–H and O–H groups in total. The Hall–Kier alpha value is -0.790. The summed E-state index contributed by atoms with van der Waals surface area (Å²) in [5.41, 5.74) is 2.52. The summed E-state index contributed by atoms with van der Waals surface area (Å²) in [6.45, 7) is 0. The van der Waals surface area contributed by atoms with Gasteiger partial charge >= 0.3 is 0 Å². The number of halogens is 2. The Kier molecular flexibility index (Phi) is 3.45. The molecule has 76 valence electrons. The maximum Gasteiger partial charge on any atom is 0.0420 e. The van der Waals surface area contributed by atoms with Crippen LogP contribution in [0.25, 0.3) is 0 Å². The minimum absolute atomic E-state index is 0.773. The second-order valence-electron chi connectivity index (χ2n) is 3.44. The van der Waals surface area contributed by atoms with E-state index < -0.39 is 0 Å². The predicted molar refractivity (Wildman–Crippen MR) is 68.4 cm³/mol. The lowest BCUT2D eigenvalue weighted by molar-refractivity contribution is 1.19. The van der Waals surface area contributed by atoms with E-state index in [1.54, 1.807) is 0 Å². The van der Waals surface area contributed by atoms with Crippen molar-refractivity contribution in [2.45, 2.75) is 6.42 Å². The molecule has 0 bridgehead atoms. The van der Waals surface area contributed by atoms with Gasteiger partial charge in [-0.3, -0.25) is 0 Å². The van der Waals surface area contributed by atoms with Crippen molar-refractivity contribution >= 4 is 27.5 Å². The first-order valence-corrected chi connectivity index (χ1v) is 5.90. The van der Waals surface area contributed by atoms with Crippen LogP contribution in [0.4, 0.5) is 0 Å². The van der Waals surface area contributed by atoms with Gasteiger partial charge in [0, 0.05) is 9.50 Å². The third kappa shape index (κ3) is 3.08. The van der Waals surface area contributed by atoms with Gasteiger partial charge < -0.3 is 0 Å². The van der Waals surface area contributed by atoms with Crippen molar-refractivity contribution in [3.05, 3.63) is 69.2 Å². The first kappa shape index (κ1) is 10.7. The van der Waals surface area contributed by atoms with E-state index in [4.69, 9.17) is 11.6 Å². The van der Waals surface area contributed by atoms with E-state index in [1.807, 2.05) is 18.2 Å². The zero-order valence-electron chi connectivity index (χ0n) is 8.08. The van der Waals surface area contributed by atoms with Crippen molar-refractivity contribution in [3.63, 3.8) is 0 Å². The molecule has 0 aromatic heterocycles. The third-order valence-electron chi connectivity index (χ3n) is 2.17. The summed E-state index contributed by atoms with van der Waals surface area (Å²) in [5.74, 6) is 0. The molecule has 0 aliphatic carbocycles. The topological polar surface area (TPSA) is 0 Å². The minimum atomic E-state index is 0.773. The van der Waals surface area contributed by atoms with Crippen molar-refractivity contribution in [2.24, 2.45) is 0 Å². The lowest BCUT2D eigenvalue weighted by Gasteiger charge is -2.03. The first-order valence-electron chi connectivity index (χ1n) is 4.73. The number of hydrogen-bond donors (Lipinski definition) is 0. The molecule has 0 heterocycles. The maximum atomic E-state index is 5.99. The van der Waals surface area contributed by atoms with Crippen molar-refractivity contribution < 1.29 is 0 Å². The van der Waals surface area contributed by atoms with Gasteiger partial charge in [0.15, 0.2) is 0 Å². The average molecular weight is 282 g/mol. The molecule has 2 heteroatoms. The van der Waals surface area contributed by atoms with E-state index in [1.165, 1.54) is 11.1 Å². The summed E-state index contributed by atoms with van der Waals surface area (Å²) in [6, 6.07) is 16.4. The predicted octanol–water partition coefficient (Wildman–Crippen LogP) is 4.69. The van der Waals surface area contributed by atoms with E-state index in [0.717, 1.165) is 15.9 Å². The Balaban J connectivity index is 2.25. The summed E-state index contributed by atoms with van der Waals surface area (Å²) in [5, 5.41) is 0.773. The van der Waals surface area contributed by atoms with E-state index >= 15 is 0 Å². The lowest BCUT2D eigenvalue weighted by atomic mass is 10.1. The highest BCUT2D eigenvalue weighted by atomic mass is 79.9. The fraction of sp³-hybridized carbons (Fsp3) is 0.0769. The zero-order valence-corrected chi connectivity index (χ0v) is 10.4. The number of hydrogen-bond acceptors (Lipinski definition) is 0. The molecule has 0 saturated heterocycles. The Morgan fingerprint density at radius 2 is 1.67 bits per heavy atom. The fourth-order valence-corrected chi connectivity index (χ4v) is 2.47. The van der Waals surface area contributed by atoms with Crippen LogP contribution in [0.3, 0.4) is 0 Å². The number of benzene rings is 2. The Labute approximate surface area is 103 Å². The molecule has 0 unspecified atom stereocenters. The Bertz CT molecular complexity index is 431. The molecule has 2 rings (SSSR count). The minimum Gasteiger partial charge on any atom is -0.0843 e. The molecule has 0 amide bonds. The van der Waals surface area contributed by atoms with Crippen LogP contribution in [-0.4, -0.2) is 0 Å². The van der Waals surface area contributed by atoms with Crippen LogP contribution in [0, 0.1) is 0 Å². The standard InChI is InChI=1S/C13H10BrCl/c14-12-7-11(8-13(15)9-12)6-10-4-2-1-3-5-10/h1-5,7-9H,6H2. The molecule has 0 aliphatic rings. The molecule has 0 aliphatic heterocycles. The van der Waals surface area contributed by atoms with Crippen LogP contribution in [0.15, 0.2) is 53.0 Å². The zero-order chi connectivity index (χ0) is 10.7. The summed E-state index contributed by atoms with van der Waals surface area (Å²) in [4.78, 5) is 0. The lowest BCUT2D eigenvalue weighted by Crippen LogP contribution is -1.87. The normalized spacial score (nSPS) is 10.3. The highest BCUT2D eigenvalue weighted by Gasteiger charge is 1.99. The van der Waals surface area contributed by atoms with Crippen molar-refractivity contribution in [1.29, 1.82) is 0 Å². The van der Waals surface area contributed by atoms with Gasteiger partial charge in [-0.15, -0.1) is 0 Å². The summed E-state index contributed by atoms with van der Waals surface area (Å²) < 4.78 is 1.03. The molecule has 0 radical (unpaired) electrons. The van der Waals surface area contributed by atoms with Gasteiger partial charge in [0.2, 0.25) is 0 Å². The highest BCUT2D eigenvalue weighted by molar-refractivity contribution is 9.10.